The topological polar surface area (TPSA) is 28.5 Å². The SMILES string of the molecule is O=C(c1cc2cn(C3CC3)cc2s1)N1CCN(c2ccccc2)CC1. The molecule has 0 unspecified atom stereocenters. The van der Waals surface area contributed by atoms with Crippen molar-refractivity contribution < 1.29 is 4.79 Å². The fourth-order valence-corrected chi connectivity index (χ4v) is 4.65. The number of para-hydroxylation sites is 1. The molecule has 0 bridgehead atoms. The Morgan fingerprint density at radius 2 is 1.76 bits per heavy atom. The Hall–Kier alpha value is -2.27. The molecule has 2 aromatic heterocycles. The lowest BCUT2D eigenvalue weighted by molar-refractivity contribution is 0.0752. The van der Waals surface area contributed by atoms with Gasteiger partial charge in [0, 0.05) is 55.7 Å². The minimum Gasteiger partial charge on any atom is -0.368 e. The lowest BCUT2D eigenvalue weighted by Crippen LogP contribution is -2.48. The number of benzene rings is 1. The first kappa shape index (κ1) is 15.0. The third-order valence-electron chi connectivity index (χ3n) is 5.21. The first-order valence-corrected chi connectivity index (χ1v) is 9.80. The number of piperazine rings is 1. The van der Waals surface area contributed by atoms with E-state index in [0.717, 1.165) is 31.1 Å². The molecule has 3 heterocycles. The molecule has 5 rings (SSSR count). The maximum atomic E-state index is 12.9. The summed E-state index contributed by atoms with van der Waals surface area (Å²) in [5.41, 5.74) is 1.24. The number of carbonyl (C=O) groups excluding carboxylic acids is 1. The number of anilines is 1. The van der Waals surface area contributed by atoms with Crippen LogP contribution in [-0.2, 0) is 0 Å². The highest BCUT2D eigenvalue weighted by Gasteiger charge is 2.26. The molecular formula is C20H21N3OS. The van der Waals surface area contributed by atoms with Crippen LogP contribution >= 0.6 is 11.3 Å². The quantitative estimate of drug-likeness (QED) is 0.713. The van der Waals surface area contributed by atoms with Gasteiger partial charge in [0.15, 0.2) is 0 Å². The standard InChI is InChI=1S/C20H21N3OS/c24-20(18-12-15-13-23(17-6-7-17)14-19(15)25-18)22-10-8-21(9-11-22)16-4-2-1-3-5-16/h1-5,12-14,17H,6-11H2. The van der Waals surface area contributed by atoms with Crippen LogP contribution < -0.4 is 4.90 Å². The fourth-order valence-electron chi connectivity index (χ4n) is 3.61. The number of aromatic nitrogens is 1. The highest BCUT2D eigenvalue weighted by molar-refractivity contribution is 7.20. The van der Waals surface area contributed by atoms with E-state index in [4.69, 9.17) is 0 Å². The molecule has 1 aliphatic heterocycles. The summed E-state index contributed by atoms with van der Waals surface area (Å²) in [6.45, 7) is 3.37. The molecule has 1 amide bonds. The molecule has 1 aromatic carbocycles. The Morgan fingerprint density at radius 3 is 2.44 bits per heavy atom. The van der Waals surface area contributed by atoms with Crippen LogP contribution in [-0.4, -0.2) is 41.6 Å². The molecule has 4 nitrogen and oxygen atoms in total. The zero-order valence-electron chi connectivity index (χ0n) is 14.1. The molecule has 3 aromatic rings. The van der Waals surface area contributed by atoms with Crippen molar-refractivity contribution in [2.24, 2.45) is 0 Å². The van der Waals surface area contributed by atoms with E-state index in [9.17, 15) is 4.79 Å². The molecule has 2 fully saturated rings. The van der Waals surface area contributed by atoms with Gasteiger partial charge in [0.05, 0.1) is 9.58 Å². The van der Waals surface area contributed by atoms with E-state index in [1.165, 1.54) is 28.6 Å². The van der Waals surface area contributed by atoms with Crippen molar-refractivity contribution in [1.82, 2.24) is 9.47 Å². The summed E-state index contributed by atoms with van der Waals surface area (Å²) in [6.07, 6.45) is 6.99. The van der Waals surface area contributed by atoms with Crippen molar-refractivity contribution in [1.29, 1.82) is 0 Å². The number of rotatable bonds is 3. The molecular weight excluding hydrogens is 330 g/mol. The number of nitrogens with zero attached hydrogens (tertiary/aromatic N) is 3. The molecule has 0 atom stereocenters. The van der Waals surface area contributed by atoms with E-state index in [0.29, 0.717) is 6.04 Å². The van der Waals surface area contributed by atoms with Gasteiger partial charge in [-0.05, 0) is 31.0 Å². The van der Waals surface area contributed by atoms with Crippen molar-refractivity contribution in [3.63, 3.8) is 0 Å². The molecule has 25 heavy (non-hydrogen) atoms. The predicted octanol–water partition coefficient (Wildman–Crippen LogP) is 4.00. The highest BCUT2D eigenvalue weighted by Crippen LogP contribution is 2.38. The summed E-state index contributed by atoms with van der Waals surface area (Å²) in [6, 6.07) is 13.2. The van der Waals surface area contributed by atoms with Gasteiger partial charge in [0.25, 0.3) is 5.91 Å². The van der Waals surface area contributed by atoms with E-state index >= 15 is 0 Å². The minimum absolute atomic E-state index is 0.187. The second kappa shape index (κ2) is 5.92. The van der Waals surface area contributed by atoms with Crippen LogP contribution in [0.15, 0.2) is 48.8 Å². The van der Waals surface area contributed by atoms with E-state index in [-0.39, 0.29) is 5.91 Å². The summed E-state index contributed by atoms with van der Waals surface area (Å²) in [7, 11) is 0. The molecule has 128 valence electrons. The molecule has 1 saturated heterocycles. The zero-order chi connectivity index (χ0) is 16.8. The van der Waals surface area contributed by atoms with Gasteiger partial charge in [-0.25, -0.2) is 0 Å². The van der Waals surface area contributed by atoms with Crippen molar-refractivity contribution in [3.8, 4) is 0 Å². The molecule has 0 N–H and O–H groups in total. The maximum absolute atomic E-state index is 12.9. The van der Waals surface area contributed by atoms with Crippen LogP contribution in [0.3, 0.4) is 0 Å². The van der Waals surface area contributed by atoms with Crippen molar-refractivity contribution in [2.75, 3.05) is 31.1 Å². The lowest BCUT2D eigenvalue weighted by atomic mass is 10.2. The predicted molar refractivity (Wildman–Crippen MR) is 103 cm³/mol. The monoisotopic (exact) mass is 351 g/mol. The van der Waals surface area contributed by atoms with Gasteiger partial charge < -0.3 is 14.4 Å². The average molecular weight is 351 g/mol. The number of carbonyl (C=O) groups is 1. The normalized spacial score (nSPS) is 18.1. The fraction of sp³-hybridized carbons (Fsp3) is 0.350. The molecule has 1 saturated carbocycles. The Morgan fingerprint density at radius 1 is 1.00 bits per heavy atom. The van der Waals surface area contributed by atoms with Gasteiger partial charge in [-0.1, -0.05) is 18.2 Å². The van der Waals surface area contributed by atoms with Gasteiger partial charge >= 0.3 is 0 Å². The van der Waals surface area contributed by atoms with E-state index in [2.05, 4.69) is 52.2 Å². The Balaban J connectivity index is 1.27. The van der Waals surface area contributed by atoms with Crippen LogP contribution in [0.4, 0.5) is 5.69 Å². The summed E-state index contributed by atoms with van der Waals surface area (Å²) < 4.78 is 3.55. The van der Waals surface area contributed by atoms with E-state index < -0.39 is 0 Å². The van der Waals surface area contributed by atoms with Crippen LogP contribution in [0.1, 0.15) is 28.6 Å². The van der Waals surface area contributed by atoms with Gasteiger partial charge in [-0.3, -0.25) is 4.79 Å². The van der Waals surface area contributed by atoms with Gasteiger partial charge in [0.1, 0.15) is 0 Å². The second-order valence-electron chi connectivity index (χ2n) is 6.98. The zero-order valence-corrected chi connectivity index (χ0v) is 14.9. The maximum Gasteiger partial charge on any atom is 0.264 e. The summed E-state index contributed by atoms with van der Waals surface area (Å²) in [5.74, 6) is 0.187. The van der Waals surface area contributed by atoms with Crippen LogP contribution in [0.5, 0.6) is 0 Å². The first-order chi connectivity index (χ1) is 12.3. The summed E-state index contributed by atoms with van der Waals surface area (Å²) in [5, 5.41) is 1.21. The van der Waals surface area contributed by atoms with Crippen LogP contribution in [0.25, 0.3) is 10.1 Å². The van der Waals surface area contributed by atoms with E-state index in [1.807, 2.05) is 11.0 Å². The van der Waals surface area contributed by atoms with Crippen LogP contribution in [0.2, 0.25) is 0 Å². The molecule has 1 aliphatic carbocycles. The highest BCUT2D eigenvalue weighted by atomic mass is 32.1. The van der Waals surface area contributed by atoms with Gasteiger partial charge in [0.2, 0.25) is 0 Å². The molecule has 0 radical (unpaired) electrons. The van der Waals surface area contributed by atoms with Crippen molar-refractivity contribution in [3.05, 3.63) is 53.7 Å². The van der Waals surface area contributed by atoms with E-state index in [1.54, 1.807) is 11.3 Å². The molecule has 2 aliphatic rings. The molecule has 0 spiro atoms. The van der Waals surface area contributed by atoms with Crippen molar-refractivity contribution >= 4 is 33.0 Å². The number of hydrogen-bond acceptors (Lipinski definition) is 3. The van der Waals surface area contributed by atoms with Gasteiger partial charge in [-0.15, -0.1) is 11.3 Å². The Labute approximate surface area is 151 Å². The smallest absolute Gasteiger partial charge is 0.264 e. The Bertz CT molecular complexity index is 870. The average Bonchev–Trinajstić information content (AvgIpc) is 3.32. The number of fused-ring (bicyclic) bond motifs is 1. The number of hydrogen-bond donors (Lipinski definition) is 0. The second-order valence-corrected chi connectivity index (χ2v) is 8.07. The summed E-state index contributed by atoms with van der Waals surface area (Å²) >= 11 is 1.64. The van der Waals surface area contributed by atoms with Crippen molar-refractivity contribution in [2.45, 2.75) is 18.9 Å². The number of amides is 1. The van der Waals surface area contributed by atoms with Gasteiger partial charge in [-0.2, -0.15) is 0 Å². The Kier molecular flexibility index (Phi) is 3.55. The summed E-state index contributed by atoms with van der Waals surface area (Å²) in [4.78, 5) is 18.1. The molecule has 5 heteroatoms. The largest absolute Gasteiger partial charge is 0.368 e. The lowest BCUT2D eigenvalue weighted by Gasteiger charge is -2.36. The third kappa shape index (κ3) is 2.82. The minimum atomic E-state index is 0.187. The number of thiophene rings is 1. The van der Waals surface area contributed by atoms with Crippen LogP contribution in [0, 0.1) is 0 Å². The first-order valence-electron chi connectivity index (χ1n) is 8.98. The third-order valence-corrected chi connectivity index (χ3v) is 6.29.